The SMILES string of the molecule is Cc1nc2cc(S(=O)(=O)N(C)c3ccc([C@H]4CCC[C@@H](C(=O)NC5CCC([C@H](C)I)CC5)[C@@H]4COCO)cc3)ccc2n1C. The molecule has 4 atom stereocenters. The molecule has 1 amide bonds. The van der Waals surface area contributed by atoms with E-state index in [2.05, 4.69) is 39.8 Å². The van der Waals surface area contributed by atoms with Crippen LogP contribution in [0.5, 0.6) is 0 Å². The van der Waals surface area contributed by atoms with Gasteiger partial charge in [0.15, 0.2) is 0 Å². The van der Waals surface area contributed by atoms with Crippen LogP contribution in [0.1, 0.15) is 69.2 Å². The second-order valence-corrected chi connectivity index (χ2v) is 16.5. The maximum Gasteiger partial charge on any atom is 0.264 e. The molecule has 1 heterocycles. The molecule has 2 fully saturated rings. The van der Waals surface area contributed by atoms with Crippen LogP contribution >= 0.6 is 22.6 Å². The number of ether oxygens (including phenoxy) is 1. The second-order valence-electron chi connectivity index (χ2n) is 12.5. The zero-order valence-electron chi connectivity index (χ0n) is 26.1. The van der Waals surface area contributed by atoms with Gasteiger partial charge >= 0.3 is 0 Å². The first-order chi connectivity index (χ1) is 21.0. The van der Waals surface area contributed by atoms with Gasteiger partial charge in [0.05, 0.1) is 28.2 Å². The average molecular weight is 737 g/mol. The highest BCUT2D eigenvalue weighted by atomic mass is 127. The predicted octanol–water partition coefficient (Wildman–Crippen LogP) is 5.67. The van der Waals surface area contributed by atoms with Crippen molar-refractivity contribution in [1.82, 2.24) is 14.9 Å². The van der Waals surface area contributed by atoms with Crippen LogP contribution in [-0.4, -0.2) is 59.4 Å². The Balaban J connectivity index is 1.31. The Hall–Kier alpha value is -2.22. The molecule has 11 heteroatoms. The van der Waals surface area contributed by atoms with Crippen molar-refractivity contribution in [2.75, 3.05) is 24.8 Å². The topological polar surface area (TPSA) is 114 Å². The number of halogens is 1. The van der Waals surface area contributed by atoms with E-state index < -0.39 is 10.0 Å². The largest absolute Gasteiger partial charge is 0.371 e. The van der Waals surface area contributed by atoms with E-state index in [0.717, 1.165) is 67.8 Å². The number of rotatable bonds is 10. The maximum absolute atomic E-state index is 13.6. The number of aliphatic hydroxyl groups is 1. The molecule has 2 saturated carbocycles. The van der Waals surface area contributed by atoms with E-state index in [0.29, 0.717) is 21.7 Å². The summed E-state index contributed by atoms with van der Waals surface area (Å²) in [6, 6.07) is 12.8. The highest BCUT2D eigenvalue weighted by molar-refractivity contribution is 14.1. The summed E-state index contributed by atoms with van der Waals surface area (Å²) in [5, 5.41) is 12.8. The second kappa shape index (κ2) is 14.0. The molecule has 2 N–H and O–H groups in total. The molecule has 0 saturated heterocycles. The quantitative estimate of drug-likeness (QED) is 0.158. The highest BCUT2D eigenvalue weighted by Crippen LogP contribution is 2.43. The maximum atomic E-state index is 13.6. The smallest absolute Gasteiger partial charge is 0.264 e. The minimum absolute atomic E-state index is 0.0624. The first kappa shape index (κ1) is 33.2. The Bertz CT molecular complexity index is 1550. The van der Waals surface area contributed by atoms with E-state index in [-0.39, 0.29) is 41.4 Å². The van der Waals surface area contributed by atoms with Gasteiger partial charge < -0.3 is 19.7 Å². The summed E-state index contributed by atoms with van der Waals surface area (Å²) in [6.07, 6.45) is 6.94. The molecule has 3 aromatic rings. The van der Waals surface area contributed by atoms with Crippen LogP contribution < -0.4 is 9.62 Å². The Kier molecular flexibility index (Phi) is 10.6. The van der Waals surface area contributed by atoms with E-state index in [9.17, 15) is 18.3 Å². The zero-order chi connectivity index (χ0) is 31.6. The van der Waals surface area contributed by atoms with E-state index >= 15 is 0 Å². The first-order valence-corrected chi connectivity index (χ1v) is 18.3. The predicted molar refractivity (Wildman–Crippen MR) is 181 cm³/mol. The summed E-state index contributed by atoms with van der Waals surface area (Å²) in [5.74, 6) is 1.41. The van der Waals surface area contributed by atoms with Crippen LogP contribution in [-0.2, 0) is 26.6 Å². The van der Waals surface area contributed by atoms with Gasteiger partial charge in [0.25, 0.3) is 10.0 Å². The van der Waals surface area contributed by atoms with Crippen LogP contribution in [0.2, 0.25) is 0 Å². The molecule has 2 aliphatic carbocycles. The van der Waals surface area contributed by atoms with E-state index in [1.54, 1.807) is 25.2 Å². The van der Waals surface area contributed by atoms with Crippen LogP contribution in [0.3, 0.4) is 0 Å². The number of benzene rings is 2. The third-order valence-corrected chi connectivity index (χ3v) is 12.8. The fraction of sp³-hybridized carbons (Fsp3) is 0.576. The minimum Gasteiger partial charge on any atom is -0.371 e. The summed E-state index contributed by atoms with van der Waals surface area (Å²) in [7, 11) is -0.337. The number of anilines is 1. The summed E-state index contributed by atoms with van der Waals surface area (Å²) < 4.78 is 36.5. The van der Waals surface area contributed by atoms with Gasteiger partial charge in [-0.25, -0.2) is 13.4 Å². The number of hydrogen-bond donors (Lipinski definition) is 2. The molecule has 0 aliphatic heterocycles. The van der Waals surface area contributed by atoms with E-state index in [4.69, 9.17) is 4.74 Å². The Morgan fingerprint density at radius 3 is 2.50 bits per heavy atom. The third kappa shape index (κ3) is 6.95. The number of alkyl halides is 1. The molecule has 9 nitrogen and oxygen atoms in total. The molecule has 0 radical (unpaired) electrons. The standard InChI is InChI=1S/C33H45IN4O5S/c1-21(34)23-8-12-25(13-9-23)36-33(40)29-7-5-6-28(30(29)19-43-20-39)24-10-14-26(15-11-24)38(4)44(41,42)27-16-17-32-31(18-27)35-22(2)37(32)3/h10-11,14-18,21,23,25,28-30,39H,5-9,12-13,19-20H2,1-4H3,(H,36,40)/t21-,23?,25?,28+,29+,30+/m0/s1. The van der Waals surface area contributed by atoms with Gasteiger partial charge in [-0.2, -0.15) is 0 Å². The molecular formula is C33H45IN4O5S. The van der Waals surface area contributed by atoms with Crippen molar-refractivity contribution >= 4 is 55.2 Å². The third-order valence-electron chi connectivity index (χ3n) is 9.99. The van der Waals surface area contributed by atoms with Crippen molar-refractivity contribution in [3.8, 4) is 0 Å². The van der Waals surface area contributed by atoms with Gasteiger partial charge in [0.2, 0.25) is 5.91 Å². The lowest BCUT2D eigenvalue weighted by molar-refractivity contribution is -0.131. The number of hydrogen-bond acceptors (Lipinski definition) is 6. The molecule has 1 aromatic heterocycles. The molecule has 240 valence electrons. The summed E-state index contributed by atoms with van der Waals surface area (Å²) >= 11 is 2.51. The molecule has 0 spiro atoms. The molecule has 2 aliphatic rings. The zero-order valence-corrected chi connectivity index (χ0v) is 29.1. The fourth-order valence-electron chi connectivity index (χ4n) is 7.15. The van der Waals surface area contributed by atoms with Crippen molar-refractivity contribution < 1.29 is 23.1 Å². The lowest BCUT2D eigenvalue weighted by atomic mass is 9.69. The number of aryl methyl sites for hydroxylation is 2. The normalized spacial score (nSPS) is 25.1. The van der Waals surface area contributed by atoms with Crippen LogP contribution in [0.15, 0.2) is 47.4 Å². The number of nitrogens with one attached hydrogen (secondary N) is 1. The summed E-state index contributed by atoms with van der Waals surface area (Å²) in [4.78, 5) is 18.3. The number of sulfonamides is 1. The Morgan fingerprint density at radius 1 is 1.14 bits per heavy atom. The molecule has 2 aromatic carbocycles. The van der Waals surface area contributed by atoms with Crippen molar-refractivity contribution in [3.63, 3.8) is 0 Å². The fourth-order valence-corrected chi connectivity index (χ4v) is 9.08. The van der Waals surface area contributed by atoms with Gasteiger partial charge in [0.1, 0.15) is 12.6 Å². The summed E-state index contributed by atoms with van der Waals surface area (Å²) in [6.45, 7) is 4.07. The van der Waals surface area contributed by atoms with Gasteiger partial charge in [-0.3, -0.25) is 9.10 Å². The van der Waals surface area contributed by atoms with Gasteiger partial charge in [-0.05, 0) is 93.2 Å². The molecule has 0 bridgehead atoms. The average Bonchev–Trinajstić information content (AvgIpc) is 3.31. The molecule has 0 unspecified atom stereocenters. The van der Waals surface area contributed by atoms with Crippen LogP contribution in [0, 0.1) is 24.7 Å². The number of carbonyl (C=O) groups excluding carboxylic acids is 1. The van der Waals surface area contributed by atoms with Crippen molar-refractivity contribution in [3.05, 3.63) is 53.9 Å². The number of nitrogens with zero attached hydrogens (tertiary/aromatic N) is 3. The van der Waals surface area contributed by atoms with E-state index in [1.807, 2.05) is 42.8 Å². The van der Waals surface area contributed by atoms with Crippen LogP contribution in [0.25, 0.3) is 11.0 Å². The first-order valence-electron chi connectivity index (χ1n) is 15.7. The van der Waals surface area contributed by atoms with Crippen molar-refractivity contribution in [2.24, 2.45) is 24.8 Å². The molecule has 44 heavy (non-hydrogen) atoms. The lowest BCUT2D eigenvalue weighted by Gasteiger charge is -2.39. The van der Waals surface area contributed by atoms with Gasteiger partial charge in [-0.15, -0.1) is 0 Å². The Labute approximate surface area is 274 Å². The monoisotopic (exact) mass is 736 g/mol. The van der Waals surface area contributed by atoms with Gasteiger partial charge in [-0.1, -0.05) is 48.1 Å². The van der Waals surface area contributed by atoms with Crippen molar-refractivity contribution in [2.45, 2.75) is 79.6 Å². The number of fused-ring (bicyclic) bond motifs is 1. The number of imidazole rings is 1. The summed E-state index contributed by atoms with van der Waals surface area (Å²) in [5.41, 5.74) is 3.12. The molecule has 5 rings (SSSR count). The Morgan fingerprint density at radius 2 is 1.84 bits per heavy atom. The number of carbonyl (C=O) groups is 1. The minimum atomic E-state index is -3.81. The lowest BCUT2D eigenvalue weighted by Crippen LogP contribution is -2.46. The van der Waals surface area contributed by atoms with Crippen LogP contribution in [0.4, 0.5) is 5.69 Å². The van der Waals surface area contributed by atoms with Gasteiger partial charge in [0, 0.05) is 35.9 Å². The number of amides is 1. The highest BCUT2D eigenvalue weighted by Gasteiger charge is 2.39. The number of aromatic nitrogens is 2. The van der Waals surface area contributed by atoms with E-state index in [1.165, 1.54) is 4.31 Å². The van der Waals surface area contributed by atoms with Crippen molar-refractivity contribution in [1.29, 1.82) is 0 Å². The number of aliphatic hydroxyl groups excluding tert-OH is 1. The molecular weight excluding hydrogens is 691 g/mol.